The molecule has 9 nitrogen and oxygen atoms in total. The van der Waals surface area contributed by atoms with E-state index in [0.717, 1.165) is 0 Å². The Morgan fingerprint density at radius 1 is 1.03 bits per heavy atom. The van der Waals surface area contributed by atoms with Gasteiger partial charge in [0.15, 0.2) is 18.1 Å². The summed E-state index contributed by atoms with van der Waals surface area (Å²) in [5.41, 5.74) is 0.488. The highest BCUT2D eigenvalue weighted by Gasteiger charge is 2.35. The van der Waals surface area contributed by atoms with Crippen molar-refractivity contribution in [2.45, 2.75) is 17.7 Å². The molecule has 1 saturated heterocycles. The van der Waals surface area contributed by atoms with Crippen LogP contribution in [0.25, 0.3) is 0 Å². The normalized spacial score (nSPS) is 16.6. The molecule has 0 saturated carbocycles. The van der Waals surface area contributed by atoms with Crippen molar-refractivity contribution in [2.24, 2.45) is 5.92 Å². The van der Waals surface area contributed by atoms with E-state index in [1.807, 2.05) is 0 Å². The lowest BCUT2D eigenvalue weighted by molar-refractivity contribution is -0.152. The van der Waals surface area contributed by atoms with Gasteiger partial charge in [0.1, 0.15) is 18.1 Å². The van der Waals surface area contributed by atoms with Gasteiger partial charge in [-0.2, -0.15) is 4.31 Å². The first-order valence-electron chi connectivity index (χ1n) is 10.6. The fourth-order valence-electron chi connectivity index (χ4n) is 3.76. The maximum Gasteiger partial charge on any atom is 0.309 e. The van der Waals surface area contributed by atoms with E-state index in [1.165, 1.54) is 16.4 Å². The maximum atomic E-state index is 13.0. The molecule has 0 spiro atoms. The lowest BCUT2D eigenvalue weighted by Gasteiger charge is -2.30. The van der Waals surface area contributed by atoms with Gasteiger partial charge in [0.05, 0.1) is 16.0 Å². The van der Waals surface area contributed by atoms with Gasteiger partial charge in [-0.1, -0.05) is 29.3 Å². The zero-order chi connectivity index (χ0) is 24.3. The number of sulfonamides is 1. The summed E-state index contributed by atoms with van der Waals surface area (Å²) in [4.78, 5) is 24.5. The number of esters is 1. The van der Waals surface area contributed by atoms with Gasteiger partial charge >= 0.3 is 5.97 Å². The number of halogens is 2. The molecule has 0 atom stereocenters. The number of piperidine rings is 1. The molecule has 2 heterocycles. The largest absolute Gasteiger partial charge is 0.486 e. The SMILES string of the molecule is O=C(COC(=O)C1CCN(S(=O)(=O)c2c(Cl)cccc2Cl)CC1)Nc1ccc2c(c1)OCCO2. The van der Waals surface area contributed by atoms with Gasteiger partial charge in [0, 0.05) is 24.8 Å². The lowest BCUT2D eigenvalue weighted by atomic mass is 9.98. The molecule has 1 fully saturated rings. The number of hydrogen-bond donors (Lipinski definition) is 1. The van der Waals surface area contributed by atoms with Gasteiger partial charge in [-0.3, -0.25) is 9.59 Å². The van der Waals surface area contributed by atoms with Crippen LogP contribution in [0.15, 0.2) is 41.3 Å². The summed E-state index contributed by atoms with van der Waals surface area (Å²) >= 11 is 12.1. The molecule has 2 aliphatic heterocycles. The Kier molecular flexibility index (Phi) is 7.51. The third-order valence-corrected chi connectivity index (χ3v) is 8.33. The predicted octanol–water partition coefficient (Wildman–Crippen LogP) is 3.35. The monoisotopic (exact) mass is 528 g/mol. The first-order chi connectivity index (χ1) is 16.3. The van der Waals surface area contributed by atoms with Crippen molar-refractivity contribution >= 4 is 50.8 Å². The van der Waals surface area contributed by atoms with Crippen molar-refractivity contribution in [3.8, 4) is 11.5 Å². The number of fused-ring (bicyclic) bond motifs is 1. The summed E-state index contributed by atoms with van der Waals surface area (Å²) in [7, 11) is -3.91. The molecule has 182 valence electrons. The van der Waals surface area contributed by atoms with Crippen molar-refractivity contribution in [1.29, 1.82) is 0 Å². The second-order valence-corrected chi connectivity index (χ2v) is 10.4. The third kappa shape index (κ3) is 5.41. The first kappa shape index (κ1) is 24.6. The molecular formula is C22H22Cl2N2O7S. The summed E-state index contributed by atoms with van der Waals surface area (Å²) in [5.74, 6) is -0.444. The Bertz CT molecular complexity index is 1180. The molecular weight excluding hydrogens is 507 g/mol. The molecule has 0 unspecified atom stereocenters. The number of ether oxygens (including phenoxy) is 3. The highest BCUT2D eigenvalue weighted by atomic mass is 35.5. The fraction of sp³-hybridized carbons (Fsp3) is 0.364. The number of carbonyl (C=O) groups excluding carboxylic acids is 2. The molecule has 0 bridgehead atoms. The predicted molar refractivity (Wildman–Crippen MR) is 125 cm³/mol. The second kappa shape index (κ2) is 10.4. The molecule has 1 amide bonds. The average Bonchev–Trinajstić information content (AvgIpc) is 2.82. The molecule has 0 radical (unpaired) electrons. The number of amides is 1. The van der Waals surface area contributed by atoms with E-state index in [1.54, 1.807) is 24.3 Å². The number of carbonyl (C=O) groups is 2. The minimum atomic E-state index is -3.91. The van der Waals surface area contributed by atoms with Crippen LogP contribution in [-0.4, -0.2) is 57.5 Å². The Balaban J connectivity index is 1.27. The Hall–Kier alpha value is -2.53. The maximum absolute atomic E-state index is 13.0. The van der Waals surface area contributed by atoms with E-state index in [0.29, 0.717) is 30.4 Å². The van der Waals surface area contributed by atoms with E-state index in [4.69, 9.17) is 37.4 Å². The Morgan fingerprint density at radius 2 is 1.68 bits per heavy atom. The molecule has 4 rings (SSSR count). The van der Waals surface area contributed by atoms with Gasteiger partial charge in [0.25, 0.3) is 5.91 Å². The number of hydrogen-bond acceptors (Lipinski definition) is 7. The lowest BCUT2D eigenvalue weighted by Crippen LogP contribution is -2.41. The highest BCUT2D eigenvalue weighted by Crippen LogP contribution is 2.34. The van der Waals surface area contributed by atoms with E-state index in [9.17, 15) is 18.0 Å². The van der Waals surface area contributed by atoms with Crippen LogP contribution in [0.2, 0.25) is 10.0 Å². The molecule has 1 N–H and O–H groups in total. The molecule has 34 heavy (non-hydrogen) atoms. The van der Waals surface area contributed by atoms with Crippen LogP contribution in [0.3, 0.4) is 0 Å². The number of benzene rings is 2. The van der Waals surface area contributed by atoms with E-state index in [-0.39, 0.29) is 40.9 Å². The Morgan fingerprint density at radius 3 is 2.35 bits per heavy atom. The van der Waals surface area contributed by atoms with Gasteiger partial charge in [-0.05, 0) is 37.1 Å². The zero-order valence-electron chi connectivity index (χ0n) is 18.0. The van der Waals surface area contributed by atoms with Crippen LogP contribution in [0.4, 0.5) is 5.69 Å². The van der Waals surface area contributed by atoms with E-state index in [2.05, 4.69) is 5.32 Å². The number of nitrogens with one attached hydrogen (secondary N) is 1. The van der Waals surface area contributed by atoms with Crippen LogP contribution in [0, 0.1) is 5.92 Å². The first-order valence-corrected chi connectivity index (χ1v) is 12.8. The van der Waals surface area contributed by atoms with Crippen molar-refractivity contribution in [1.82, 2.24) is 4.31 Å². The summed E-state index contributed by atoms with van der Waals surface area (Å²) in [5, 5.41) is 2.72. The smallest absolute Gasteiger partial charge is 0.309 e. The number of nitrogens with zero attached hydrogens (tertiary/aromatic N) is 1. The van der Waals surface area contributed by atoms with E-state index < -0.39 is 34.4 Å². The van der Waals surface area contributed by atoms with Gasteiger partial charge in [-0.25, -0.2) is 8.42 Å². The number of anilines is 1. The average molecular weight is 529 g/mol. The quantitative estimate of drug-likeness (QED) is 0.572. The van der Waals surface area contributed by atoms with Gasteiger partial charge in [0.2, 0.25) is 10.0 Å². The topological polar surface area (TPSA) is 111 Å². The van der Waals surface area contributed by atoms with Crippen LogP contribution in [0.1, 0.15) is 12.8 Å². The van der Waals surface area contributed by atoms with Gasteiger partial charge < -0.3 is 19.5 Å². The zero-order valence-corrected chi connectivity index (χ0v) is 20.3. The molecule has 2 aliphatic rings. The summed E-state index contributed by atoms with van der Waals surface area (Å²) < 4.78 is 43.2. The highest BCUT2D eigenvalue weighted by molar-refractivity contribution is 7.89. The van der Waals surface area contributed by atoms with E-state index >= 15 is 0 Å². The third-order valence-electron chi connectivity index (χ3n) is 5.48. The molecule has 2 aromatic rings. The van der Waals surface area contributed by atoms with Crippen LogP contribution in [-0.2, 0) is 24.3 Å². The van der Waals surface area contributed by atoms with Crippen LogP contribution in [0.5, 0.6) is 11.5 Å². The van der Waals surface area contributed by atoms with Crippen molar-refractivity contribution in [3.63, 3.8) is 0 Å². The molecule has 12 heteroatoms. The van der Waals surface area contributed by atoms with Crippen molar-refractivity contribution in [2.75, 3.05) is 38.2 Å². The summed E-state index contributed by atoms with van der Waals surface area (Å²) in [6, 6.07) is 9.47. The van der Waals surface area contributed by atoms with Gasteiger partial charge in [-0.15, -0.1) is 0 Å². The summed E-state index contributed by atoms with van der Waals surface area (Å²) in [6.07, 6.45) is 0.508. The fourth-order valence-corrected chi connectivity index (χ4v) is 6.32. The molecule has 2 aromatic carbocycles. The molecule has 0 aliphatic carbocycles. The van der Waals surface area contributed by atoms with Crippen LogP contribution >= 0.6 is 23.2 Å². The van der Waals surface area contributed by atoms with Crippen molar-refractivity contribution in [3.05, 3.63) is 46.4 Å². The number of rotatable bonds is 6. The summed E-state index contributed by atoms with van der Waals surface area (Å²) in [6.45, 7) is 0.641. The Labute approximate surface area is 206 Å². The van der Waals surface area contributed by atoms with Crippen molar-refractivity contribution < 1.29 is 32.2 Å². The molecule has 0 aromatic heterocycles. The second-order valence-electron chi connectivity index (χ2n) is 7.74. The minimum absolute atomic E-state index is 0.0399. The van der Waals surface area contributed by atoms with Crippen LogP contribution < -0.4 is 14.8 Å². The standard InChI is InChI=1S/C22H22Cl2N2O7S/c23-16-2-1-3-17(24)21(16)34(29,30)26-8-6-14(7-9-26)22(28)33-13-20(27)25-15-4-5-18-19(12-15)32-11-10-31-18/h1-5,12,14H,6-11,13H2,(H,25,27). The minimum Gasteiger partial charge on any atom is -0.486 e.